The topological polar surface area (TPSA) is 227 Å². The van der Waals surface area contributed by atoms with E-state index in [9.17, 15) is 38.4 Å². The molecule has 2 fully saturated rings. The third-order valence-corrected chi connectivity index (χ3v) is 16.2. The van der Waals surface area contributed by atoms with E-state index >= 15 is 0 Å². The summed E-state index contributed by atoms with van der Waals surface area (Å²) in [5, 5.41) is 21.3. The number of rotatable bonds is 22. The van der Waals surface area contributed by atoms with Crippen LogP contribution in [0.3, 0.4) is 0 Å². The quantitative estimate of drug-likeness (QED) is 0.0671. The Bertz CT molecular complexity index is 2250. The molecule has 2 aliphatic carbocycles. The van der Waals surface area contributed by atoms with Crippen LogP contribution in [-0.4, -0.2) is 126 Å². The summed E-state index contributed by atoms with van der Waals surface area (Å²) in [5.74, 6) is -2.28. The molecular weight excluding hydrogens is 1030 g/mol. The average Bonchev–Trinajstić information content (AvgIpc) is 4.06. The maximum Gasteiger partial charge on any atom is 0.246 e. The van der Waals surface area contributed by atoms with Gasteiger partial charge in [0.05, 0.1) is 24.2 Å². The molecule has 434 valence electrons. The number of aryl methyl sites for hydroxylation is 2. The maximum absolute atomic E-state index is 14.5. The van der Waals surface area contributed by atoms with Gasteiger partial charge in [-0.1, -0.05) is 103 Å². The van der Waals surface area contributed by atoms with E-state index in [0.717, 1.165) is 56.1 Å². The fraction of sp³-hybridized carbons (Fsp3) is 0.661. The summed E-state index contributed by atoms with van der Waals surface area (Å²) in [5.41, 5.74) is 3.22. The van der Waals surface area contributed by atoms with Gasteiger partial charge in [0.2, 0.25) is 41.4 Å². The van der Waals surface area contributed by atoms with Crippen molar-refractivity contribution in [1.29, 1.82) is 0 Å². The number of likely N-dealkylation sites (N-methyl/N-ethyl adjacent to an activating group) is 2. The van der Waals surface area contributed by atoms with Crippen LogP contribution in [0.4, 0.5) is 0 Å². The molecule has 7 N–H and O–H groups in total. The lowest BCUT2D eigenvalue weighted by Crippen LogP contribution is -2.59. The van der Waals surface area contributed by atoms with Crippen molar-refractivity contribution in [3.8, 4) is 0 Å². The van der Waals surface area contributed by atoms with Gasteiger partial charge in [-0.2, -0.15) is 0 Å². The van der Waals surface area contributed by atoms with Crippen molar-refractivity contribution in [3.63, 3.8) is 0 Å². The highest BCUT2D eigenvalue weighted by atomic mass is 35.5. The summed E-state index contributed by atoms with van der Waals surface area (Å²) < 4.78 is 0. The first-order valence-corrected chi connectivity index (χ1v) is 28.1. The SMILES string of the molecule is CN[C@@H](C)C(=O)N[C@H](C(=O)N1C[C@@H](CC(=O)CCCCCCC(=O)N[C@H]2C[C@@H](C(=O)N[C@@H]3CCCc4ccccc43)N(C(=O)[C@@H](NC(=O)[C@H](C)NC)C(C)(C)C)C2)C[C@H]1C(=O)N[C@@H]1CCCc2ccccc21)C(C)(C)C.Cl.Cl. The van der Waals surface area contributed by atoms with Gasteiger partial charge < -0.3 is 47.0 Å². The van der Waals surface area contributed by atoms with Crippen LogP contribution in [0.1, 0.15) is 173 Å². The van der Waals surface area contributed by atoms with Gasteiger partial charge in [0.25, 0.3) is 0 Å². The molecule has 2 aliphatic heterocycles. The van der Waals surface area contributed by atoms with E-state index in [-0.39, 0.29) is 122 Å². The number of fused-ring (bicyclic) bond motifs is 2. The van der Waals surface area contributed by atoms with E-state index in [1.807, 2.05) is 77.9 Å². The highest BCUT2D eigenvalue weighted by Crippen LogP contribution is 2.35. The minimum atomic E-state index is -0.923. The van der Waals surface area contributed by atoms with Gasteiger partial charge in [-0.05, 0) is 131 Å². The summed E-state index contributed by atoms with van der Waals surface area (Å²) in [6.45, 7) is 15.1. The molecule has 19 heteroatoms. The fourth-order valence-corrected chi connectivity index (χ4v) is 11.5. The molecule has 0 bridgehead atoms. The molecule has 0 radical (unpaired) electrons. The van der Waals surface area contributed by atoms with Crippen LogP contribution >= 0.6 is 24.8 Å². The highest BCUT2D eigenvalue weighted by molar-refractivity contribution is 5.95. The second-order valence-corrected chi connectivity index (χ2v) is 24.2. The molecule has 6 rings (SSSR count). The second-order valence-electron chi connectivity index (χ2n) is 24.2. The van der Waals surface area contributed by atoms with Crippen molar-refractivity contribution in [2.45, 2.75) is 206 Å². The van der Waals surface area contributed by atoms with E-state index in [1.54, 1.807) is 32.8 Å². The van der Waals surface area contributed by atoms with E-state index in [2.05, 4.69) is 49.4 Å². The molecule has 2 saturated heterocycles. The molecule has 2 aromatic rings. The van der Waals surface area contributed by atoms with Crippen molar-refractivity contribution < 1.29 is 38.4 Å². The zero-order valence-electron chi connectivity index (χ0n) is 47.9. The number of carbonyl (C=O) groups is 8. The molecule has 4 aliphatic rings. The lowest BCUT2D eigenvalue weighted by atomic mass is 9.85. The third kappa shape index (κ3) is 17.2. The average molecular weight is 1130 g/mol. The fourth-order valence-electron chi connectivity index (χ4n) is 11.5. The number of amides is 7. The monoisotopic (exact) mass is 1120 g/mol. The number of benzene rings is 2. The molecule has 10 atom stereocenters. The molecule has 0 unspecified atom stereocenters. The van der Waals surface area contributed by atoms with Crippen LogP contribution in [0.25, 0.3) is 0 Å². The minimum Gasteiger partial charge on any atom is -0.351 e. The van der Waals surface area contributed by atoms with Crippen LogP contribution in [0.5, 0.6) is 0 Å². The normalized spacial score (nSPS) is 22.4. The molecule has 0 aromatic heterocycles. The Labute approximate surface area is 476 Å². The van der Waals surface area contributed by atoms with Gasteiger partial charge in [0.1, 0.15) is 30.0 Å². The molecule has 0 saturated carbocycles. The smallest absolute Gasteiger partial charge is 0.246 e. The number of carbonyl (C=O) groups excluding carboxylic acids is 8. The molecule has 2 aromatic carbocycles. The van der Waals surface area contributed by atoms with Crippen LogP contribution in [0, 0.1) is 16.7 Å². The van der Waals surface area contributed by atoms with Gasteiger partial charge in [0.15, 0.2) is 0 Å². The number of ketones is 1. The molecule has 2 heterocycles. The Kier molecular flexibility index (Phi) is 24.6. The van der Waals surface area contributed by atoms with Crippen molar-refractivity contribution in [1.82, 2.24) is 47.0 Å². The van der Waals surface area contributed by atoms with Crippen molar-refractivity contribution >= 4 is 71.9 Å². The summed E-state index contributed by atoms with van der Waals surface area (Å²) in [7, 11) is 3.35. The Morgan fingerprint density at radius 1 is 0.577 bits per heavy atom. The zero-order valence-corrected chi connectivity index (χ0v) is 49.5. The molecular formula is C59H91Cl2N9O8. The highest BCUT2D eigenvalue weighted by Gasteiger charge is 2.48. The van der Waals surface area contributed by atoms with Crippen molar-refractivity contribution in [2.24, 2.45) is 16.7 Å². The number of unbranched alkanes of at least 4 members (excludes halogenated alkanes) is 3. The predicted octanol–water partition coefficient (Wildman–Crippen LogP) is 6.10. The largest absolute Gasteiger partial charge is 0.351 e. The number of hydrogen-bond acceptors (Lipinski definition) is 10. The standard InChI is InChI=1S/C59H89N9O8.2ClH/c1-36(60-9)52(71)65-50(58(3,4)5)56(75)67-34-38(32-47(67)54(73)63-45-28-19-23-39-21-15-17-26-43(39)45)31-42(69)25-13-11-12-14-30-49(70)62-41-33-48(55(74)64-46-29-20-24-40-22-16-18-27-44(40)46)68(35-41)57(76)51(59(6,7)8)66-53(72)37(2)61-10;;/h15-18,21-22,26-27,36-38,41,45-48,50-51,60-61H,11-14,19-20,23-25,28-35H2,1-10H3,(H,62,70)(H,63,73)(H,64,74)(H,65,71)(H,66,72);2*1H/t36-,37-,38-,41-,45+,46+,47-,48-,50+,51+;;/m0../s1. The molecule has 17 nitrogen and oxygen atoms in total. The second kappa shape index (κ2) is 29.4. The first-order valence-electron chi connectivity index (χ1n) is 28.1. The lowest BCUT2D eigenvalue weighted by molar-refractivity contribution is -0.144. The summed E-state index contributed by atoms with van der Waals surface area (Å²) in [6, 6.07) is 10.8. The Balaban J connectivity index is 0.00000656. The summed E-state index contributed by atoms with van der Waals surface area (Å²) >= 11 is 0. The van der Waals surface area contributed by atoms with Crippen LogP contribution < -0.4 is 37.2 Å². The summed E-state index contributed by atoms with van der Waals surface area (Å²) in [4.78, 5) is 114. The van der Waals surface area contributed by atoms with Crippen LogP contribution in [0.15, 0.2) is 48.5 Å². The van der Waals surface area contributed by atoms with E-state index in [1.165, 1.54) is 16.0 Å². The zero-order chi connectivity index (χ0) is 55.5. The van der Waals surface area contributed by atoms with Gasteiger partial charge in [-0.25, -0.2) is 0 Å². The van der Waals surface area contributed by atoms with Gasteiger partial charge in [-0.15, -0.1) is 24.8 Å². The number of halogens is 2. The number of likely N-dealkylation sites (tertiary alicyclic amines) is 2. The Hall–Kier alpha value is -5.10. The number of Topliss-reactive ketones (excluding diaryl/α,β-unsaturated/α-hetero) is 1. The van der Waals surface area contributed by atoms with E-state index in [0.29, 0.717) is 32.1 Å². The molecule has 78 heavy (non-hydrogen) atoms. The van der Waals surface area contributed by atoms with Gasteiger partial charge in [-0.3, -0.25) is 38.4 Å². The lowest BCUT2D eigenvalue weighted by Gasteiger charge is -2.36. The van der Waals surface area contributed by atoms with Crippen molar-refractivity contribution in [2.75, 3.05) is 27.2 Å². The summed E-state index contributed by atoms with van der Waals surface area (Å²) in [6.07, 6.45) is 9.31. The van der Waals surface area contributed by atoms with Gasteiger partial charge in [0, 0.05) is 38.4 Å². The minimum absolute atomic E-state index is 0. The number of nitrogens with one attached hydrogen (secondary N) is 7. The first-order chi connectivity index (χ1) is 36.0. The molecule has 7 amide bonds. The number of nitrogens with zero attached hydrogens (tertiary/aromatic N) is 2. The maximum atomic E-state index is 14.5. The number of hydrogen-bond donors (Lipinski definition) is 7. The van der Waals surface area contributed by atoms with Crippen molar-refractivity contribution in [3.05, 3.63) is 70.8 Å². The van der Waals surface area contributed by atoms with E-state index in [4.69, 9.17) is 0 Å². The van der Waals surface area contributed by atoms with E-state index < -0.39 is 53.1 Å². The first kappa shape index (κ1) is 65.4. The Morgan fingerprint density at radius 3 is 1.47 bits per heavy atom. The van der Waals surface area contributed by atoms with Crippen LogP contribution in [-0.2, 0) is 51.2 Å². The third-order valence-electron chi connectivity index (χ3n) is 16.2. The van der Waals surface area contributed by atoms with Crippen LogP contribution in [0.2, 0.25) is 0 Å². The predicted molar refractivity (Wildman–Crippen MR) is 308 cm³/mol. The molecule has 0 spiro atoms. The Morgan fingerprint density at radius 2 is 1.01 bits per heavy atom. The van der Waals surface area contributed by atoms with Gasteiger partial charge >= 0.3 is 0 Å².